The molecule has 3 aromatic heterocycles. The molecule has 10 aromatic rings. The summed E-state index contributed by atoms with van der Waals surface area (Å²) in [6, 6.07) is 40.3. The first-order valence-electron chi connectivity index (χ1n) is 20.1. The average Bonchev–Trinajstić information content (AvgIpc) is 3.32. The molecule has 0 N–H and O–H groups in total. The molecule has 0 fully saturated rings. The van der Waals surface area contributed by atoms with Crippen molar-refractivity contribution in [2.24, 2.45) is 0 Å². The third kappa shape index (κ3) is 7.92. The molecule has 7 aromatic carbocycles. The number of rotatable bonds is 6. The van der Waals surface area contributed by atoms with E-state index < -0.39 is 35.2 Å². The fourth-order valence-electron chi connectivity index (χ4n) is 7.75. The van der Waals surface area contributed by atoms with E-state index in [0.29, 0.717) is 33.4 Å². The molecule has 66 heavy (non-hydrogen) atoms. The fourth-order valence-corrected chi connectivity index (χ4v) is 7.75. The second kappa shape index (κ2) is 15.9. The summed E-state index contributed by atoms with van der Waals surface area (Å²) in [4.78, 5) is 29.1. The molecule has 15 heteroatoms. The van der Waals surface area contributed by atoms with Crippen LogP contribution in [0, 0.1) is 0 Å². The molecule has 0 saturated heterocycles. The summed E-state index contributed by atoms with van der Waals surface area (Å²) in [5, 5.41) is 0. The van der Waals surface area contributed by atoms with Gasteiger partial charge < -0.3 is 0 Å². The lowest BCUT2D eigenvalue weighted by Gasteiger charge is -2.19. The number of nitrogens with zero attached hydrogens (tertiary/aromatic N) is 6. The highest BCUT2D eigenvalue weighted by Gasteiger charge is 2.34. The zero-order valence-electron chi connectivity index (χ0n) is 33.7. The van der Waals surface area contributed by atoms with Crippen LogP contribution in [0.25, 0.3) is 101 Å². The topological polar surface area (TPSA) is 77.3 Å². The van der Waals surface area contributed by atoms with Crippen molar-refractivity contribution in [1.82, 2.24) is 29.9 Å². The summed E-state index contributed by atoms with van der Waals surface area (Å²) < 4.78 is 126. The molecule has 0 aliphatic carbocycles. The average molecular weight is 895 g/mol. The molecule has 0 radical (unpaired) electrons. The Bertz CT molecular complexity index is 3490. The molecule has 0 unspecified atom stereocenters. The van der Waals surface area contributed by atoms with Crippen LogP contribution in [0.3, 0.4) is 0 Å². The van der Waals surface area contributed by atoms with Crippen LogP contribution in [0.4, 0.5) is 39.5 Å². The number of hydrogen-bond donors (Lipinski definition) is 0. The molecule has 10 rings (SSSR count). The molecule has 0 bridgehead atoms. The van der Waals surface area contributed by atoms with Gasteiger partial charge in [-0.2, -0.15) is 39.5 Å². The van der Waals surface area contributed by atoms with Crippen LogP contribution in [0.5, 0.6) is 0 Å². The Morgan fingerprint density at radius 2 is 0.545 bits per heavy atom. The van der Waals surface area contributed by atoms with Crippen LogP contribution in [0.15, 0.2) is 164 Å². The molecule has 324 valence electrons. The fraction of sp³-hybridized carbons (Fsp3) is 0.0588. The van der Waals surface area contributed by atoms with Gasteiger partial charge in [-0.05, 0) is 60.7 Å². The first kappa shape index (κ1) is 41.9. The maximum Gasteiger partial charge on any atom is 0.416 e. The van der Waals surface area contributed by atoms with E-state index in [2.05, 4.69) is 0 Å². The van der Waals surface area contributed by atoms with Gasteiger partial charge >= 0.3 is 18.5 Å². The van der Waals surface area contributed by atoms with E-state index in [1.807, 2.05) is 0 Å². The lowest BCUT2D eigenvalue weighted by molar-refractivity contribution is -0.138. The number of aromatic nitrogens is 6. The summed E-state index contributed by atoms with van der Waals surface area (Å²) in [5.41, 5.74) is 1.42. The molecule has 0 spiro atoms. The Hall–Kier alpha value is -8.07. The van der Waals surface area contributed by atoms with Crippen molar-refractivity contribution in [3.63, 3.8) is 0 Å². The number of halogens is 9. The highest BCUT2D eigenvalue weighted by atomic mass is 19.4. The predicted molar refractivity (Wildman–Crippen MR) is 233 cm³/mol. The van der Waals surface area contributed by atoms with Gasteiger partial charge in [0, 0.05) is 33.4 Å². The molecule has 0 saturated carbocycles. The Labute approximate surface area is 368 Å². The van der Waals surface area contributed by atoms with Crippen molar-refractivity contribution in [2.45, 2.75) is 18.5 Å². The SMILES string of the molecule is FC(F)(F)c1ccc2nc(-c3ccc(-c4nc5ccc(C(F)(F)F)cc5nc4-c4ccccc4)c(-c4nc5ccc(C(F)(F)F)cc5nc4-c4ccccc4)c3)c(-c3ccccc3)nc2c1. The zero-order valence-corrected chi connectivity index (χ0v) is 33.7. The first-order chi connectivity index (χ1) is 31.6. The lowest BCUT2D eigenvalue weighted by Crippen LogP contribution is -2.06. The smallest absolute Gasteiger partial charge is 0.244 e. The Morgan fingerprint density at radius 3 is 0.909 bits per heavy atom. The van der Waals surface area contributed by atoms with Crippen LogP contribution in [0.2, 0.25) is 0 Å². The van der Waals surface area contributed by atoms with Crippen molar-refractivity contribution in [3.05, 3.63) is 180 Å². The highest BCUT2D eigenvalue weighted by molar-refractivity contribution is 5.98. The Balaban J connectivity index is 1.31. The summed E-state index contributed by atoms with van der Waals surface area (Å²) in [6.45, 7) is 0. The molecule has 0 aliphatic heterocycles. The highest BCUT2D eigenvalue weighted by Crippen LogP contribution is 2.44. The summed E-state index contributed by atoms with van der Waals surface area (Å²) in [6.07, 6.45) is -14.0. The van der Waals surface area contributed by atoms with Gasteiger partial charge in [-0.3, -0.25) is 0 Å². The van der Waals surface area contributed by atoms with Crippen molar-refractivity contribution in [1.29, 1.82) is 0 Å². The van der Waals surface area contributed by atoms with E-state index in [9.17, 15) is 39.5 Å². The minimum Gasteiger partial charge on any atom is -0.244 e. The molecule has 3 heterocycles. The largest absolute Gasteiger partial charge is 0.416 e. The van der Waals surface area contributed by atoms with Crippen molar-refractivity contribution in [3.8, 4) is 67.5 Å². The molecule has 6 nitrogen and oxygen atoms in total. The molecule has 0 amide bonds. The monoisotopic (exact) mass is 894 g/mol. The van der Waals surface area contributed by atoms with Gasteiger partial charge in [0.15, 0.2) is 0 Å². The summed E-state index contributed by atoms with van der Waals surface area (Å²) >= 11 is 0. The predicted octanol–water partition coefficient (Wildman–Crippen LogP) is 14.6. The van der Waals surface area contributed by atoms with Gasteiger partial charge in [-0.25, -0.2) is 29.9 Å². The van der Waals surface area contributed by atoms with E-state index in [1.165, 1.54) is 18.2 Å². The van der Waals surface area contributed by atoms with Crippen LogP contribution in [0.1, 0.15) is 16.7 Å². The Kier molecular flexibility index (Phi) is 10.1. The molecule has 0 atom stereocenters. The lowest BCUT2D eigenvalue weighted by atomic mass is 9.91. The minimum atomic E-state index is -4.68. The summed E-state index contributed by atoms with van der Waals surface area (Å²) in [7, 11) is 0. The quantitative estimate of drug-likeness (QED) is 0.155. The van der Waals surface area contributed by atoms with Crippen LogP contribution >= 0.6 is 0 Å². The van der Waals surface area contributed by atoms with Gasteiger partial charge in [0.25, 0.3) is 0 Å². The van der Waals surface area contributed by atoms with Crippen LogP contribution in [-0.2, 0) is 18.5 Å². The Morgan fingerprint density at radius 1 is 0.242 bits per heavy atom. The van der Waals surface area contributed by atoms with E-state index in [0.717, 1.165) is 36.4 Å². The number of benzene rings is 7. The van der Waals surface area contributed by atoms with E-state index >= 15 is 0 Å². The number of hydrogen-bond acceptors (Lipinski definition) is 6. The zero-order chi connectivity index (χ0) is 46.0. The molecular formula is C51H27F9N6. The van der Waals surface area contributed by atoms with Gasteiger partial charge in [0.1, 0.15) is 0 Å². The standard InChI is InChI=1S/C51H27F9N6/c52-49(53,54)32-17-21-37-40(25-32)64-43(28-10-4-1-5-11-28)46(61-37)31-16-20-35(47-44(29-12-6-2-7-13-29)65-41-26-33(50(55,56)57)18-22-38(41)62-47)36(24-31)48-45(30-14-8-3-9-15-30)66-42-27-34(51(58,59)60)19-23-39(42)63-48/h1-27H. The molecule has 0 aliphatic rings. The molecular weight excluding hydrogens is 868 g/mol. The van der Waals surface area contributed by atoms with Gasteiger partial charge in [0.05, 0.1) is 84.0 Å². The van der Waals surface area contributed by atoms with Crippen LogP contribution < -0.4 is 0 Å². The van der Waals surface area contributed by atoms with Gasteiger partial charge in [-0.15, -0.1) is 0 Å². The van der Waals surface area contributed by atoms with Gasteiger partial charge in [-0.1, -0.05) is 103 Å². The minimum absolute atomic E-state index is 0.0121. The third-order valence-electron chi connectivity index (χ3n) is 10.9. The van der Waals surface area contributed by atoms with Crippen molar-refractivity contribution in [2.75, 3.05) is 0 Å². The van der Waals surface area contributed by atoms with Crippen LogP contribution in [-0.4, -0.2) is 29.9 Å². The number of fused-ring (bicyclic) bond motifs is 3. The maximum absolute atomic E-state index is 14.0. The van der Waals surface area contributed by atoms with Gasteiger partial charge in [0.2, 0.25) is 0 Å². The maximum atomic E-state index is 14.0. The third-order valence-corrected chi connectivity index (χ3v) is 10.9. The van der Waals surface area contributed by atoms with Crippen molar-refractivity contribution < 1.29 is 39.5 Å². The van der Waals surface area contributed by atoms with E-state index in [1.54, 1.807) is 109 Å². The second-order valence-electron chi connectivity index (χ2n) is 15.2. The number of alkyl halides is 9. The van der Waals surface area contributed by atoms with E-state index in [-0.39, 0.29) is 67.3 Å². The first-order valence-corrected chi connectivity index (χ1v) is 20.1. The van der Waals surface area contributed by atoms with Crippen molar-refractivity contribution >= 4 is 33.1 Å². The normalized spacial score (nSPS) is 12.3. The summed E-state index contributed by atoms with van der Waals surface area (Å²) in [5.74, 6) is 0. The second-order valence-corrected chi connectivity index (χ2v) is 15.2. The van der Waals surface area contributed by atoms with E-state index in [4.69, 9.17) is 29.9 Å².